The third-order valence-corrected chi connectivity index (χ3v) is 3.24. The number of ether oxygens (including phenoxy) is 1. The fraction of sp³-hybridized carbons (Fsp3) is 0.467. The molecule has 2 aromatic rings. The van der Waals surface area contributed by atoms with Crippen molar-refractivity contribution in [2.24, 2.45) is 5.92 Å². The van der Waals surface area contributed by atoms with E-state index in [1.807, 2.05) is 6.92 Å². The predicted octanol–water partition coefficient (Wildman–Crippen LogP) is 1.84. The fourth-order valence-electron chi connectivity index (χ4n) is 2.36. The van der Waals surface area contributed by atoms with Crippen molar-refractivity contribution in [3.63, 3.8) is 0 Å². The van der Waals surface area contributed by atoms with Gasteiger partial charge >= 0.3 is 0 Å². The quantitative estimate of drug-likeness (QED) is 0.880. The summed E-state index contributed by atoms with van der Waals surface area (Å²) in [6.45, 7) is 6.27. The van der Waals surface area contributed by atoms with Gasteiger partial charge in [0.1, 0.15) is 17.8 Å². The topological polar surface area (TPSA) is 81.9 Å². The summed E-state index contributed by atoms with van der Waals surface area (Å²) < 4.78 is 6.75. The molecule has 0 saturated carbocycles. The van der Waals surface area contributed by atoms with Crippen molar-refractivity contribution in [2.75, 3.05) is 7.11 Å². The molecule has 2 rings (SSSR count). The standard InChI is InChI=1S/C15H21N5O2/c1-10(2)7-11(3)17-15(21)12-5-6-14(22-4)13(8-12)20-9-16-18-19-20/h5-6,8-11H,7H2,1-4H3,(H,17,21). The number of benzene rings is 1. The Labute approximate surface area is 129 Å². The van der Waals surface area contributed by atoms with Gasteiger partial charge in [0.25, 0.3) is 5.91 Å². The summed E-state index contributed by atoms with van der Waals surface area (Å²) in [6, 6.07) is 5.29. The fourth-order valence-corrected chi connectivity index (χ4v) is 2.36. The van der Waals surface area contributed by atoms with Gasteiger partial charge in [-0.3, -0.25) is 4.79 Å². The molecule has 7 heteroatoms. The van der Waals surface area contributed by atoms with Gasteiger partial charge in [0.15, 0.2) is 0 Å². The second-order valence-electron chi connectivity index (χ2n) is 5.65. The zero-order valence-electron chi connectivity index (χ0n) is 13.3. The minimum absolute atomic E-state index is 0.117. The van der Waals surface area contributed by atoms with Crippen LogP contribution in [0.5, 0.6) is 5.75 Å². The van der Waals surface area contributed by atoms with E-state index in [1.165, 1.54) is 11.0 Å². The van der Waals surface area contributed by atoms with Crippen molar-refractivity contribution in [1.29, 1.82) is 0 Å². The van der Waals surface area contributed by atoms with Crippen molar-refractivity contribution >= 4 is 5.91 Å². The minimum atomic E-state index is -0.120. The smallest absolute Gasteiger partial charge is 0.251 e. The highest BCUT2D eigenvalue weighted by molar-refractivity contribution is 5.95. The van der Waals surface area contributed by atoms with Crippen LogP contribution in [0.1, 0.15) is 37.6 Å². The second-order valence-corrected chi connectivity index (χ2v) is 5.65. The molecule has 118 valence electrons. The molecule has 0 aliphatic rings. The molecule has 1 aromatic carbocycles. The summed E-state index contributed by atoms with van der Waals surface area (Å²) in [5.41, 5.74) is 1.17. The predicted molar refractivity (Wildman–Crippen MR) is 82.1 cm³/mol. The van der Waals surface area contributed by atoms with Crippen LogP contribution in [0.4, 0.5) is 0 Å². The SMILES string of the molecule is COc1ccc(C(=O)NC(C)CC(C)C)cc1-n1cnnn1. The van der Waals surface area contributed by atoms with E-state index < -0.39 is 0 Å². The van der Waals surface area contributed by atoms with E-state index in [-0.39, 0.29) is 11.9 Å². The number of carbonyl (C=O) groups is 1. The van der Waals surface area contributed by atoms with Gasteiger partial charge in [-0.2, -0.15) is 4.68 Å². The maximum atomic E-state index is 12.3. The zero-order valence-corrected chi connectivity index (χ0v) is 13.3. The molecule has 0 aliphatic carbocycles. The molecule has 0 bridgehead atoms. The van der Waals surface area contributed by atoms with Crippen LogP contribution in [-0.2, 0) is 0 Å². The molecule has 7 nitrogen and oxygen atoms in total. The first-order chi connectivity index (χ1) is 10.5. The number of hydrogen-bond acceptors (Lipinski definition) is 5. The van der Waals surface area contributed by atoms with Crippen molar-refractivity contribution in [2.45, 2.75) is 33.2 Å². The van der Waals surface area contributed by atoms with Gasteiger partial charge in [0.05, 0.1) is 7.11 Å². The average molecular weight is 303 g/mol. The summed E-state index contributed by atoms with van der Waals surface area (Å²) >= 11 is 0. The van der Waals surface area contributed by atoms with Gasteiger partial charge in [-0.15, -0.1) is 5.10 Å². The Morgan fingerprint density at radius 1 is 1.36 bits per heavy atom. The van der Waals surface area contributed by atoms with Crippen LogP contribution in [0.3, 0.4) is 0 Å². The molecular weight excluding hydrogens is 282 g/mol. The second kappa shape index (κ2) is 7.02. The molecule has 1 aromatic heterocycles. The van der Waals surface area contributed by atoms with Gasteiger partial charge in [-0.25, -0.2) is 0 Å². The number of carbonyl (C=O) groups excluding carboxylic acids is 1. The maximum absolute atomic E-state index is 12.3. The number of tetrazole rings is 1. The summed E-state index contributed by atoms with van der Waals surface area (Å²) in [5.74, 6) is 1.01. The first kappa shape index (κ1) is 15.9. The van der Waals surface area contributed by atoms with E-state index in [9.17, 15) is 4.79 Å². The monoisotopic (exact) mass is 303 g/mol. The van der Waals surface area contributed by atoms with Crippen LogP contribution in [0.2, 0.25) is 0 Å². The van der Waals surface area contributed by atoms with Crippen molar-refractivity contribution in [3.8, 4) is 11.4 Å². The minimum Gasteiger partial charge on any atom is -0.494 e. The molecule has 0 radical (unpaired) electrons. The van der Waals surface area contributed by atoms with Crippen LogP contribution in [0.25, 0.3) is 5.69 Å². The number of nitrogens with zero attached hydrogens (tertiary/aromatic N) is 4. The molecule has 0 saturated heterocycles. The molecule has 1 heterocycles. The summed E-state index contributed by atoms with van der Waals surface area (Å²) in [7, 11) is 1.56. The first-order valence-electron chi connectivity index (χ1n) is 7.23. The molecule has 0 spiro atoms. The molecule has 1 atom stereocenters. The molecule has 0 fully saturated rings. The van der Waals surface area contributed by atoms with E-state index in [0.29, 0.717) is 22.9 Å². The van der Waals surface area contributed by atoms with Crippen LogP contribution < -0.4 is 10.1 Å². The molecule has 1 amide bonds. The average Bonchev–Trinajstić information content (AvgIpc) is 2.99. The summed E-state index contributed by atoms with van der Waals surface area (Å²) in [6.07, 6.45) is 2.39. The number of amides is 1. The number of nitrogens with one attached hydrogen (secondary N) is 1. The Bertz CT molecular complexity index is 625. The van der Waals surface area contributed by atoms with Crippen molar-refractivity contribution < 1.29 is 9.53 Å². The van der Waals surface area contributed by atoms with Gasteiger partial charge in [0, 0.05) is 11.6 Å². The van der Waals surface area contributed by atoms with E-state index in [2.05, 4.69) is 34.7 Å². The third kappa shape index (κ3) is 3.81. The van der Waals surface area contributed by atoms with Crippen molar-refractivity contribution in [3.05, 3.63) is 30.1 Å². The summed E-state index contributed by atoms with van der Waals surface area (Å²) in [4.78, 5) is 12.3. The molecule has 1 unspecified atom stereocenters. The molecule has 0 aliphatic heterocycles. The number of methoxy groups -OCH3 is 1. The molecular formula is C15H21N5O2. The van der Waals surface area contributed by atoms with E-state index in [4.69, 9.17) is 4.74 Å². The van der Waals surface area contributed by atoms with Gasteiger partial charge < -0.3 is 10.1 Å². The highest BCUT2D eigenvalue weighted by Crippen LogP contribution is 2.23. The normalized spacial score (nSPS) is 12.2. The van der Waals surface area contributed by atoms with Crippen LogP contribution in [0, 0.1) is 5.92 Å². The zero-order chi connectivity index (χ0) is 16.1. The van der Waals surface area contributed by atoms with Gasteiger partial charge in [0.2, 0.25) is 0 Å². The lowest BCUT2D eigenvalue weighted by molar-refractivity contribution is 0.0936. The first-order valence-corrected chi connectivity index (χ1v) is 7.23. The van der Waals surface area contributed by atoms with E-state index in [0.717, 1.165) is 6.42 Å². The van der Waals surface area contributed by atoms with Gasteiger partial charge in [-0.05, 0) is 47.9 Å². The van der Waals surface area contributed by atoms with Crippen LogP contribution >= 0.6 is 0 Å². The molecule has 1 N–H and O–H groups in total. The highest BCUT2D eigenvalue weighted by Gasteiger charge is 2.15. The Morgan fingerprint density at radius 3 is 2.73 bits per heavy atom. The number of rotatable bonds is 6. The lowest BCUT2D eigenvalue weighted by Crippen LogP contribution is -2.33. The number of aromatic nitrogens is 4. The Morgan fingerprint density at radius 2 is 2.14 bits per heavy atom. The Balaban J connectivity index is 2.22. The Kier molecular flexibility index (Phi) is 5.08. The van der Waals surface area contributed by atoms with Gasteiger partial charge in [-0.1, -0.05) is 13.8 Å². The lowest BCUT2D eigenvalue weighted by Gasteiger charge is -2.16. The van der Waals surface area contributed by atoms with Crippen LogP contribution in [0.15, 0.2) is 24.5 Å². The van der Waals surface area contributed by atoms with E-state index >= 15 is 0 Å². The third-order valence-electron chi connectivity index (χ3n) is 3.24. The lowest BCUT2D eigenvalue weighted by atomic mass is 10.0. The molecule has 22 heavy (non-hydrogen) atoms. The Hall–Kier alpha value is -2.44. The maximum Gasteiger partial charge on any atom is 0.251 e. The highest BCUT2D eigenvalue weighted by atomic mass is 16.5. The summed E-state index contributed by atoms with van der Waals surface area (Å²) in [5, 5.41) is 14.0. The van der Waals surface area contributed by atoms with Crippen molar-refractivity contribution in [1.82, 2.24) is 25.5 Å². The van der Waals surface area contributed by atoms with Crippen LogP contribution in [-0.4, -0.2) is 39.3 Å². The number of hydrogen-bond donors (Lipinski definition) is 1. The largest absolute Gasteiger partial charge is 0.494 e. The van der Waals surface area contributed by atoms with E-state index in [1.54, 1.807) is 25.3 Å².